The number of hydrogen-bond acceptors (Lipinski definition) is 2. The van der Waals surface area contributed by atoms with Gasteiger partial charge in [-0.2, -0.15) is 0 Å². The zero-order chi connectivity index (χ0) is 9.42. The van der Waals surface area contributed by atoms with Crippen LogP contribution in [0.15, 0.2) is 24.3 Å². The molecule has 2 N–H and O–H groups in total. The number of para-hydroxylation sites is 2. The fourth-order valence-corrected chi connectivity index (χ4v) is 1.57. The highest BCUT2D eigenvalue weighted by molar-refractivity contribution is 5.85. The lowest BCUT2D eigenvalue weighted by molar-refractivity contribution is 0.696. The van der Waals surface area contributed by atoms with Crippen molar-refractivity contribution in [2.24, 2.45) is 12.8 Å². The topological polar surface area (TPSA) is 43.8 Å². The Labute approximate surface area is 101 Å². The molecule has 0 aliphatic rings. The van der Waals surface area contributed by atoms with Gasteiger partial charge in [-0.05, 0) is 19.1 Å². The molecule has 0 aliphatic carbocycles. The normalized spacial score (nSPS) is 11.7. The maximum atomic E-state index is 5.80. The number of fused-ring (bicyclic) bond motifs is 1. The van der Waals surface area contributed by atoms with E-state index in [0.29, 0.717) is 0 Å². The van der Waals surface area contributed by atoms with Gasteiger partial charge < -0.3 is 10.3 Å². The van der Waals surface area contributed by atoms with Crippen LogP contribution in [-0.4, -0.2) is 9.55 Å². The SMILES string of the molecule is CC(N)c1nc2ccccc2n1C.Cl.Cl. The van der Waals surface area contributed by atoms with Gasteiger partial charge in [0.25, 0.3) is 0 Å². The standard InChI is InChI=1S/C10H13N3.2ClH/c1-7(11)10-12-8-5-3-4-6-9(8)13(10)2;;/h3-7H,11H2,1-2H3;2*1H. The highest BCUT2D eigenvalue weighted by atomic mass is 35.5. The molecule has 1 aromatic carbocycles. The zero-order valence-corrected chi connectivity index (χ0v) is 10.3. The molecule has 0 amide bonds. The van der Waals surface area contributed by atoms with E-state index in [4.69, 9.17) is 5.73 Å². The third-order valence-corrected chi connectivity index (χ3v) is 2.23. The van der Waals surface area contributed by atoms with E-state index < -0.39 is 0 Å². The van der Waals surface area contributed by atoms with Gasteiger partial charge in [-0.15, -0.1) is 24.8 Å². The monoisotopic (exact) mass is 247 g/mol. The van der Waals surface area contributed by atoms with Crippen LogP contribution in [-0.2, 0) is 7.05 Å². The van der Waals surface area contributed by atoms with Crippen molar-refractivity contribution in [3.8, 4) is 0 Å². The van der Waals surface area contributed by atoms with Gasteiger partial charge in [0.2, 0.25) is 0 Å². The maximum absolute atomic E-state index is 5.80. The molecule has 0 radical (unpaired) electrons. The molecule has 1 unspecified atom stereocenters. The summed E-state index contributed by atoms with van der Waals surface area (Å²) in [7, 11) is 1.99. The van der Waals surface area contributed by atoms with Crippen LogP contribution < -0.4 is 5.73 Å². The average Bonchev–Trinajstić information content (AvgIpc) is 2.45. The van der Waals surface area contributed by atoms with E-state index in [0.717, 1.165) is 16.9 Å². The summed E-state index contributed by atoms with van der Waals surface area (Å²) in [6, 6.07) is 8.03. The van der Waals surface area contributed by atoms with Gasteiger partial charge >= 0.3 is 0 Å². The Bertz CT molecular complexity index is 437. The van der Waals surface area contributed by atoms with Crippen molar-refractivity contribution in [2.45, 2.75) is 13.0 Å². The summed E-state index contributed by atoms with van der Waals surface area (Å²) in [5, 5.41) is 0. The Morgan fingerprint density at radius 3 is 2.40 bits per heavy atom. The summed E-state index contributed by atoms with van der Waals surface area (Å²) in [6.45, 7) is 1.95. The number of benzene rings is 1. The van der Waals surface area contributed by atoms with Crippen LogP contribution in [0, 0.1) is 0 Å². The maximum Gasteiger partial charge on any atom is 0.126 e. The number of imidazole rings is 1. The third kappa shape index (κ3) is 2.43. The molecule has 0 saturated heterocycles. The lowest BCUT2D eigenvalue weighted by atomic mass is 10.3. The van der Waals surface area contributed by atoms with Crippen molar-refractivity contribution < 1.29 is 0 Å². The van der Waals surface area contributed by atoms with E-state index in [1.54, 1.807) is 0 Å². The molecule has 15 heavy (non-hydrogen) atoms. The van der Waals surface area contributed by atoms with Crippen molar-refractivity contribution >= 4 is 35.8 Å². The quantitative estimate of drug-likeness (QED) is 0.842. The Hall–Kier alpha value is -0.770. The predicted molar refractivity (Wildman–Crippen MR) is 67.8 cm³/mol. The Morgan fingerprint density at radius 2 is 1.87 bits per heavy atom. The zero-order valence-electron chi connectivity index (χ0n) is 8.68. The second-order valence-corrected chi connectivity index (χ2v) is 3.31. The summed E-state index contributed by atoms with van der Waals surface area (Å²) in [4.78, 5) is 4.45. The van der Waals surface area contributed by atoms with E-state index >= 15 is 0 Å². The fourth-order valence-electron chi connectivity index (χ4n) is 1.57. The van der Waals surface area contributed by atoms with E-state index in [1.165, 1.54) is 0 Å². The molecule has 1 heterocycles. The first kappa shape index (κ1) is 14.2. The Kier molecular flexibility index (Phi) is 5.08. The van der Waals surface area contributed by atoms with E-state index in [-0.39, 0.29) is 30.9 Å². The van der Waals surface area contributed by atoms with Gasteiger partial charge in [-0.3, -0.25) is 0 Å². The number of hydrogen-bond donors (Lipinski definition) is 1. The number of nitrogens with two attached hydrogens (primary N) is 1. The molecule has 0 spiro atoms. The van der Waals surface area contributed by atoms with Crippen LogP contribution in [0.4, 0.5) is 0 Å². The van der Waals surface area contributed by atoms with Crippen molar-refractivity contribution in [3.63, 3.8) is 0 Å². The molecule has 1 atom stereocenters. The molecule has 2 rings (SSSR count). The first-order valence-corrected chi connectivity index (χ1v) is 4.37. The lowest BCUT2D eigenvalue weighted by Crippen LogP contribution is -2.11. The molecule has 0 bridgehead atoms. The average molecular weight is 248 g/mol. The predicted octanol–water partition coefficient (Wildman–Crippen LogP) is 2.44. The molecular formula is C10H15Cl2N3. The molecule has 84 valence electrons. The van der Waals surface area contributed by atoms with E-state index in [2.05, 4.69) is 4.98 Å². The summed E-state index contributed by atoms with van der Waals surface area (Å²) in [6.07, 6.45) is 0. The van der Waals surface area contributed by atoms with Crippen molar-refractivity contribution in [1.82, 2.24) is 9.55 Å². The minimum absolute atomic E-state index is 0. The van der Waals surface area contributed by atoms with Crippen molar-refractivity contribution in [3.05, 3.63) is 30.1 Å². The first-order valence-electron chi connectivity index (χ1n) is 4.37. The van der Waals surface area contributed by atoms with Gasteiger partial charge in [-0.25, -0.2) is 4.98 Å². The second kappa shape index (κ2) is 5.35. The summed E-state index contributed by atoms with van der Waals surface area (Å²) in [5.41, 5.74) is 7.94. The van der Waals surface area contributed by atoms with Crippen molar-refractivity contribution in [1.29, 1.82) is 0 Å². The minimum Gasteiger partial charge on any atom is -0.330 e. The molecular weight excluding hydrogens is 233 g/mol. The van der Waals surface area contributed by atoms with Gasteiger partial charge in [0.15, 0.2) is 0 Å². The molecule has 0 fully saturated rings. The number of halogens is 2. The van der Waals surface area contributed by atoms with Gasteiger partial charge in [0, 0.05) is 7.05 Å². The van der Waals surface area contributed by atoms with Crippen molar-refractivity contribution in [2.75, 3.05) is 0 Å². The molecule has 2 aromatic rings. The molecule has 5 heteroatoms. The molecule has 0 saturated carbocycles. The first-order chi connectivity index (χ1) is 6.20. The molecule has 3 nitrogen and oxygen atoms in total. The lowest BCUT2D eigenvalue weighted by Gasteiger charge is -2.04. The summed E-state index contributed by atoms with van der Waals surface area (Å²) in [5.74, 6) is 0.932. The second-order valence-electron chi connectivity index (χ2n) is 3.31. The smallest absolute Gasteiger partial charge is 0.126 e. The van der Waals surface area contributed by atoms with Gasteiger partial charge in [0.05, 0.1) is 17.1 Å². The Morgan fingerprint density at radius 1 is 1.27 bits per heavy atom. The molecule has 0 aliphatic heterocycles. The van der Waals surface area contributed by atoms with Crippen LogP contribution >= 0.6 is 24.8 Å². The van der Waals surface area contributed by atoms with Crippen LogP contribution in [0.5, 0.6) is 0 Å². The number of aryl methyl sites for hydroxylation is 1. The van der Waals surface area contributed by atoms with Crippen LogP contribution in [0.2, 0.25) is 0 Å². The van der Waals surface area contributed by atoms with Crippen LogP contribution in [0.3, 0.4) is 0 Å². The number of nitrogens with zero attached hydrogens (tertiary/aromatic N) is 2. The number of aromatic nitrogens is 2. The van der Waals surface area contributed by atoms with Gasteiger partial charge in [0.1, 0.15) is 5.82 Å². The minimum atomic E-state index is -0.0163. The highest BCUT2D eigenvalue weighted by Gasteiger charge is 2.09. The highest BCUT2D eigenvalue weighted by Crippen LogP contribution is 2.17. The third-order valence-electron chi connectivity index (χ3n) is 2.23. The van der Waals surface area contributed by atoms with Crippen LogP contribution in [0.1, 0.15) is 18.8 Å². The number of rotatable bonds is 1. The van der Waals surface area contributed by atoms with E-state index in [9.17, 15) is 0 Å². The summed E-state index contributed by atoms with van der Waals surface area (Å²) < 4.78 is 2.04. The Balaban J connectivity index is 0.000000980. The summed E-state index contributed by atoms with van der Waals surface area (Å²) >= 11 is 0. The fraction of sp³-hybridized carbons (Fsp3) is 0.300. The van der Waals surface area contributed by atoms with E-state index in [1.807, 2.05) is 42.8 Å². The van der Waals surface area contributed by atoms with Gasteiger partial charge in [-0.1, -0.05) is 12.1 Å². The largest absolute Gasteiger partial charge is 0.330 e. The van der Waals surface area contributed by atoms with Crippen LogP contribution in [0.25, 0.3) is 11.0 Å². The molecule has 1 aromatic heterocycles.